The average molecular weight is 317 g/mol. The SMILES string of the molecule is O=CN1CCN(c2ccc(NC(=O)C3CCCCC3)nn2)CC1. The molecule has 2 amide bonds. The molecule has 1 N–H and O–H groups in total. The summed E-state index contributed by atoms with van der Waals surface area (Å²) in [7, 11) is 0. The molecule has 0 bridgehead atoms. The lowest BCUT2D eigenvalue weighted by Gasteiger charge is -2.32. The second-order valence-electron chi connectivity index (χ2n) is 6.23. The summed E-state index contributed by atoms with van der Waals surface area (Å²) in [6, 6.07) is 3.68. The molecule has 1 saturated carbocycles. The van der Waals surface area contributed by atoms with Gasteiger partial charge in [0.25, 0.3) is 0 Å². The molecule has 1 aromatic heterocycles. The van der Waals surface area contributed by atoms with Gasteiger partial charge in [-0.3, -0.25) is 9.59 Å². The van der Waals surface area contributed by atoms with Gasteiger partial charge >= 0.3 is 0 Å². The van der Waals surface area contributed by atoms with E-state index in [1.807, 2.05) is 6.07 Å². The van der Waals surface area contributed by atoms with Gasteiger partial charge in [0.2, 0.25) is 12.3 Å². The van der Waals surface area contributed by atoms with Crippen LogP contribution < -0.4 is 10.2 Å². The Hall–Kier alpha value is -2.18. The summed E-state index contributed by atoms with van der Waals surface area (Å²) in [5.41, 5.74) is 0. The number of aromatic nitrogens is 2. The lowest BCUT2D eigenvalue weighted by atomic mass is 9.89. The normalized spacial score (nSPS) is 19.5. The van der Waals surface area contributed by atoms with Crippen molar-refractivity contribution in [2.75, 3.05) is 36.4 Å². The number of rotatable bonds is 4. The Labute approximate surface area is 136 Å². The zero-order valence-corrected chi connectivity index (χ0v) is 13.3. The van der Waals surface area contributed by atoms with Gasteiger partial charge in [0, 0.05) is 32.1 Å². The van der Waals surface area contributed by atoms with Gasteiger partial charge in [0.05, 0.1) is 0 Å². The van der Waals surface area contributed by atoms with Gasteiger partial charge in [-0.1, -0.05) is 19.3 Å². The number of amides is 2. The first-order valence-electron chi connectivity index (χ1n) is 8.35. The van der Waals surface area contributed by atoms with Crippen molar-refractivity contribution in [3.8, 4) is 0 Å². The number of anilines is 2. The van der Waals surface area contributed by atoms with E-state index in [0.717, 1.165) is 51.0 Å². The van der Waals surface area contributed by atoms with Crippen LogP contribution in [0, 0.1) is 5.92 Å². The molecule has 0 spiro atoms. The van der Waals surface area contributed by atoms with Crippen LogP contribution in [0.15, 0.2) is 12.1 Å². The average Bonchev–Trinajstić information content (AvgIpc) is 2.63. The number of carbonyl (C=O) groups excluding carboxylic acids is 2. The maximum atomic E-state index is 12.2. The Bertz CT molecular complexity index is 534. The highest BCUT2D eigenvalue weighted by Gasteiger charge is 2.22. The van der Waals surface area contributed by atoms with Gasteiger partial charge in [0.1, 0.15) is 0 Å². The third kappa shape index (κ3) is 3.97. The van der Waals surface area contributed by atoms with Crippen LogP contribution in [0.3, 0.4) is 0 Å². The molecule has 1 aliphatic carbocycles. The fourth-order valence-corrected chi connectivity index (χ4v) is 3.21. The van der Waals surface area contributed by atoms with Gasteiger partial charge in [0.15, 0.2) is 11.6 Å². The summed E-state index contributed by atoms with van der Waals surface area (Å²) >= 11 is 0. The lowest BCUT2D eigenvalue weighted by molar-refractivity contribution is -0.121. The van der Waals surface area contributed by atoms with Crippen LogP contribution in [0.1, 0.15) is 32.1 Å². The van der Waals surface area contributed by atoms with Crippen molar-refractivity contribution in [1.82, 2.24) is 15.1 Å². The van der Waals surface area contributed by atoms with Gasteiger partial charge in [-0.25, -0.2) is 0 Å². The Morgan fingerprint density at radius 1 is 1.09 bits per heavy atom. The summed E-state index contributed by atoms with van der Waals surface area (Å²) in [5.74, 6) is 1.47. The van der Waals surface area contributed by atoms with Crippen molar-refractivity contribution >= 4 is 24.0 Å². The first-order chi connectivity index (χ1) is 11.3. The minimum Gasteiger partial charge on any atom is -0.352 e. The monoisotopic (exact) mass is 317 g/mol. The van der Waals surface area contributed by atoms with E-state index in [9.17, 15) is 9.59 Å². The molecule has 7 heteroatoms. The van der Waals surface area contributed by atoms with E-state index in [2.05, 4.69) is 20.4 Å². The Balaban J connectivity index is 1.54. The van der Waals surface area contributed by atoms with Crippen LogP contribution in [-0.4, -0.2) is 53.6 Å². The first-order valence-corrected chi connectivity index (χ1v) is 8.35. The summed E-state index contributed by atoms with van der Waals surface area (Å²) in [6.07, 6.45) is 6.32. The highest BCUT2D eigenvalue weighted by Crippen LogP contribution is 2.24. The molecular formula is C16H23N5O2. The number of nitrogens with one attached hydrogen (secondary N) is 1. The molecule has 0 aromatic carbocycles. The van der Waals surface area contributed by atoms with E-state index in [1.165, 1.54) is 6.42 Å². The second-order valence-corrected chi connectivity index (χ2v) is 6.23. The number of carbonyl (C=O) groups is 2. The largest absolute Gasteiger partial charge is 0.352 e. The second kappa shape index (κ2) is 7.39. The standard InChI is InChI=1S/C16H23N5O2/c22-12-20-8-10-21(11-9-20)15-7-6-14(18-19-15)17-16(23)13-4-2-1-3-5-13/h6-7,12-13H,1-5,8-11H2,(H,17,18,23). The third-order valence-electron chi connectivity index (χ3n) is 4.67. The van der Waals surface area contributed by atoms with E-state index in [4.69, 9.17) is 0 Å². The van der Waals surface area contributed by atoms with Crippen molar-refractivity contribution in [3.63, 3.8) is 0 Å². The molecule has 2 fully saturated rings. The van der Waals surface area contributed by atoms with Crippen molar-refractivity contribution in [3.05, 3.63) is 12.1 Å². The molecule has 3 rings (SSSR count). The highest BCUT2D eigenvalue weighted by molar-refractivity contribution is 5.91. The maximum Gasteiger partial charge on any atom is 0.228 e. The van der Waals surface area contributed by atoms with Crippen molar-refractivity contribution in [2.24, 2.45) is 5.92 Å². The number of nitrogens with zero attached hydrogens (tertiary/aromatic N) is 4. The van der Waals surface area contributed by atoms with E-state index in [1.54, 1.807) is 11.0 Å². The smallest absolute Gasteiger partial charge is 0.228 e. The fourth-order valence-electron chi connectivity index (χ4n) is 3.21. The van der Waals surface area contributed by atoms with Gasteiger partial charge in [-0.15, -0.1) is 10.2 Å². The quantitative estimate of drug-likeness (QED) is 0.846. The fraction of sp³-hybridized carbons (Fsp3) is 0.625. The minimum atomic E-state index is 0.0614. The molecule has 1 aliphatic heterocycles. The van der Waals surface area contributed by atoms with Gasteiger partial charge in [-0.2, -0.15) is 0 Å². The summed E-state index contributed by atoms with van der Waals surface area (Å²) in [6.45, 7) is 2.90. The number of hydrogen-bond donors (Lipinski definition) is 1. The summed E-state index contributed by atoms with van der Waals surface area (Å²) in [5, 5.41) is 11.2. The van der Waals surface area contributed by atoms with Crippen LogP contribution >= 0.6 is 0 Å². The zero-order chi connectivity index (χ0) is 16.1. The molecule has 2 aliphatic rings. The Morgan fingerprint density at radius 2 is 1.83 bits per heavy atom. The van der Waals surface area contributed by atoms with Crippen molar-refractivity contribution in [2.45, 2.75) is 32.1 Å². The molecule has 7 nitrogen and oxygen atoms in total. The lowest BCUT2D eigenvalue weighted by Crippen LogP contribution is -2.46. The van der Waals surface area contributed by atoms with Crippen molar-refractivity contribution in [1.29, 1.82) is 0 Å². The third-order valence-corrected chi connectivity index (χ3v) is 4.67. The molecule has 1 aromatic rings. The molecule has 23 heavy (non-hydrogen) atoms. The predicted octanol–water partition coefficient (Wildman–Crippen LogP) is 1.27. The maximum absolute atomic E-state index is 12.2. The van der Waals surface area contributed by atoms with E-state index in [-0.39, 0.29) is 11.8 Å². The molecular weight excluding hydrogens is 294 g/mol. The number of piperazine rings is 1. The first kappa shape index (κ1) is 15.7. The molecule has 0 unspecified atom stereocenters. The summed E-state index contributed by atoms with van der Waals surface area (Å²) in [4.78, 5) is 26.8. The van der Waals surface area contributed by atoms with E-state index in [0.29, 0.717) is 18.9 Å². The Morgan fingerprint density at radius 3 is 2.43 bits per heavy atom. The predicted molar refractivity (Wildman–Crippen MR) is 87.1 cm³/mol. The van der Waals surface area contributed by atoms with Crippen LogP contribution in [0.4, 0.5) is 11.6 Å². The van der Waals surface area contributed by atoms with Crippen LogP contribution in [-0.2, 0) is 9.59 Å². The Kier molecular flexibility index (Phi) is 5.05. The van der Waals surface area contributed by atoms with Crippen LogP contribution in [0.5, 0.6) is 0 Å². The highest BCUT2D eigenvalue weighted by atomic mass is 16.2. The number of hydrogen-bond acceptors (Lipinski definition) is 5. The van der Waals surface area contributed by atoms with Gasteiger partial charge in [-0.05, 0) is 25.0 Å². The molecule has 124 valence electrons. The zero-order valence-electron chi connectivity index (χ0n) is 13.3. The minimum absolute atomic E-state index is 0.0614. The van der Waals surface area contributed by atoms with E-state index >= 15 is 0 Å². The molecule has 1 saturated heterocycles. The van der Waals surface area contributed by atoms with Crippen LogP contribution in [0.2, 0.25) is 0 Å². The van der Waals surface area contributed by atoms with E-state index < -0.39 is 0 Å². The molecule has 2 heterocycles. The van der Waals surface area contributed by atoms with Crippen molar-refractivity contribution < 1.29 is 9.59 Å². The van der Waals surface area contributed by atoms with Crippen LogP contribution in [0.25, 0.3) is 0 Å². The van der Waals surface area contributed by atoms with Gasteiger partial charge < -0.3 is 15.1 Å². The topological polar surface area (TPSA) is 78.4 Å². The molecule has 0 radical (unpaired) electrons. The summed E-state index contributed by atoms with van der Waals surface area (Å²) < 4.78 is 0. The molecule has 0 atom stereocenters.